The van der Waals surface area contributed by atoms with E-state index in [0.29, 0.717) is 17.8 Å². The first kappa shape index (κ1) is 18.4. The van der Waals surface area contributed by atoms with Crippen molar-refractivity contribution in [1.29, 1.82) is 0 Å². The van der Waals surface area contributed by atoms with E-state index in [-0.39, 0.29) is 23.6 Å². The second kappa shape index (κ2) is 7.33. The van der Waals surface area contributed by atoms with Gasteiger partial charge in [-0.2, -0.15) is 0 Å². The van der Waals surface area contributed by atoms with E-state index in [4.69, 9.17) is 4.98 Å². The monoisotopic (exact) mass is 399 g/mol. The van der Waals surface area contributed by atoms with Crippen molar-refractivity contribution >= 4 is 23.2 Å². The third-order valence-corrected chi connectivity index (χ3v) is 5.94. The Hall–Kier alpha value is -2.61. The van der Waals surface area contributed by atoms with Gasteiger partial charge in [-0.15, -0.1) is 0 Å². The maximum absolute atomic E-state index is 14.2. The van der Waals surface area contributed by atoms with Crippen molar-refractivity contribution in [2.24, 2.45) is 10.9 Å². The van der Waals surface area contributed by atoms with Crippen LogP contribution in [0.5, 0.6) is 0 Å². The molecule has 1 unspecified atom stereocenters. The van der Waals surface area contributed by atoms with Gasteiger partial charge in [0.1, 0.15) is 17.3 Å². The zero-order valence-electron chi connectivity index (χ0n) is 15.9. The van der Waals surface area contributed by atoms with Crippen molar-refractivity contribution in [2.45, 2.75) is 56.6 Å². The molecule has 0 saturated heterocycles. The van der Waals surface area contributed by atoms with Gasteiger partial charge in [-0.25, -0.2) is 23.7 Å². The average Bonchev–Trinajstić information content (AvgIpc) is 3.44. The van der Waals surface area contributed by atoms with Crippen LogP contribution >= 0.6 is 0 Å². The lowest BCUT2D eigenvalue weighted by molar-refractivity contribution is 0.106. The Bertz CT molecular complexity index is 954. The summed E-state index contributed by atoms with van der Waals surface area (Å²) in [6, 6.07) is 3.82. The van der Waals surface area contributed by atoms with E-state index in [0.717, 1.165) is 56.0 Å². The average molecular weight is 399 g/mol. The summed E-state index contributed by atoms with van der Waals surface area (Å²) in [5, 5.41) is 16.5. The Morgan fingerprint density at radius 3 is 2.62 bits per heavy atom. The zero-order chi connectivity index (χ0) is 20.0. The van der Waals surface area contributed by atoms with E-state index in [1.165, 1.54) is 12.1 Å². The van der Waals surface area contributed by atoms with Crippen LogP contribution in [0.3, 0.4) is 0 Å². The molecule has 152 valence electrons. The van der Waals surface area contributed by atoms with Crippen LogP contribution in [0.15, 0.2) is 29.4 Å². The van der Waals surface area contributed by atoms with Crippen LogP contribution < -0.4 is 10.6 Å². The molecule has 29 heavy (non-hydrogen) atoms. The standard InChI is InChI=1S/C21H23F2N5O/c22-12-3-8-16(15(23)9-12)26-20-18(11-1-6-14(29)7-2-11)19-17(27-20)10-24-21(28-19)25-13-4-5-13/h3,8-11,13-14,18,29H,1-2,4-7H2,(H,26,27)(H,24,25,28). The number of fused-ring (bicyclic) bond motifs is 1. The van der Waals surface area contributed by atoms with Crippen LogP contribution in [0.2, 0.25) is 0 Å². The summed E-state index contributed by atoms with van der Waals surface area (Å²) in [5.41, 5.74) is 1.71. The van der Waals surface area contributed by atoms with E-state index in [2.05, 4.69) is 20.6 Å². The quantitative estimate of drug-likeness (QED) is 0.721. The first-order valence-corrected chi connectivity index (χ1v) is 10.2. The summed E-state index contributed by atoms with van der Waals surface area (Å²) in [6.07, 6.45) is 6.85. The molecule has 2 fully saturated rings. The fourth-order valence-electron chi connectivity index (χ4n) is 4.23. The summed E-state index contributed by atoms with van der Waals surface area (Å²) >= 11 is 0. The van der Waals surface area contributed by atoms with E-state index >= 15 is 0 Å². The smallest absolute Gasteiger partial charge is 0.223 e. The number of rotatable bonds is 4. The largest absolute Gasteiger partial charge is 0.393 e. The summed E-state index contributed by atoms with van der Waals surface area (Å²) < 4.78 is 27.5. The van der Waals surface area contributed by atoms with Gasteiger partial charge < -0.3 is 15.7 Å². The second-order valence-corrected chi connectivity index (χ2v) is 8.18. The number of nitrogens with zero attached hydrogens (tertiary/aromatic N) is 3. The molecule has 1 atom stereocenters. The molecule has 0 amide bonds. The van der Waals surface area contributed by atoms with Crippen molar-refractivity contribution in [3.63, 3.8) is 0 Å². The molecule has 3 aliphatic rings. The lowest BCUT2D eigenvalue weighted by Crippen LogP contribution is -2.27. The molecule has 2 saturated carbocycles. The Morgan fingerprint density at radius 1 is 1.10 bits per heavy atom. The minimum Gasteiger partial charge on any atom is -0.393 e. The van der Waals surface area contributed by atoms with Gasteiger partial charge in [0.2, 0.25) is 5.95 Å². The molecule has 2 aliphatic carbocycles. The van der Waals surface area contributed by atoms with Crippen molar-refractivity contribution in [2.75, 3.05) is 10.6 Å². The molecule has 8 heteroatoms. The van der Waals surface area contributed by atoms with Gasteiger partial charge >= 0.3 is 0 Å². The van der Waals surface area contributed by atoms with Crippen LogP contribution in [0.1, 0.15) is 50.1 Å². The zero-order valence-corrected chi connectivity index (χ0v) is 15.9. The molecular formula is C21H23F2N5O. The third kappa shape index (κ3) is 3.81. The maximum Gasteiger partial charge on any atom is 0.223 e. The number of aliphatic hydroxyl groups excluding tert-OH is 1. The highest BCUT2D eigenvalue weighted by Gasteiger charge is 2.39. The van der Waals surface area contributed by atoms with Gasteiger partial charge in [0.05, 0.1) is 29.6 Å². The number of benzene rings is 1. The highest BCUT2D eigenvalue weighted by Crippen LogP contribution is 2.44. The molecule has 2 heterocycles. The highest BCUT2D eigenvalue weighted by atomic mass is 19.1. The van der Waals surface area contributed by atoms with Crippen LogP contribution in [-0.4, -0.2) is 33.1 Å². The first-order valence-electron chi connectivity index (χ1n) is 10.2. The molecule has 1 aromatic carbocycles. The third-order valence-electron chi connectivity index (χ3n) is 5.94. The molecule has 0 spiro atoms. The molecule has 0 radical (unpaired) electrons. The minimum atomic E-state index is -0.699. The van der Waals surface area contributed by atoms with Gasteiger partial charge in [0.15, 0.2) is 5.82 Å². The van der Waals surface area contributed by atoms with Gasteiger partial charge in [0, 0.05) is 12.1 Å². The number of amidine groups is 1. The number of nitrogens with one attached hydrogen (secondary N) is 2. The van der Waals surface area contributed by atoms with E-state index in [1.807, 2.05) is 0 Å². The summed E-state index contributed by atoms with van der Waals surface area (Å²) in [7, 11) is 0. The number of halogens is 2. The van der Waals surface area contributed by atoms with Crippen molar-refractivity contribution in [3.8, 4) is 0 Å². The topological polar surface area (TPSA) is 82.4 Å². The lowest BCUT2D eigenvalue weighted by Gasteiger charge is -2.29. The van der Waals surface area contributed by atoms with Gasteiger partial charge in [-0.1, -0.05) is 0 Å². The second-order valence-electron chi connectivity index (χ2n) is 8.18. The molecule has 1 aromatic heterocycles. The number of aromatic nitrogens is 2. The number of hydrogen-bond acceptors (Lipinski definition) is 5. The molecule has 0 bridgehead atoms. The fourth-order valence-corrected chi connectivity index (χ4v) is 4.23. The van der Waals surface area contributed by atoms with E-state index in [1.54, 1.807) is 6.20 Å². The molecule has 5 rings (SSSR count). The minimum absolute atomic E-state index is 0.0897. The summed E-state index contributed by atoms with van der Waals surface area (Å²) in [4.78, 5) is 13.7. The van der Waals surface area contributed by atoms with Crippen LogP contribution in [-0.2, 0) is 0 Å². The molecular weight excluding hydrogens is 376 g/mol. The van der Waals surface area contributed by atoms with Crippen LogP contribution in [0.25, 0.3) is 0 Å². The predicted octanol–water partition coefficient (Wildman–Crippen LogP) is 4.12. The van der Waals surface area contributed by atoms with Gasteiger partial charge in [-0.05, 0) is 56.6 Å². The fraction of sp³-hybridized carbons (Fsp3) is 0.476. The van der Waals surface area contributed by atoms with E-state index in [9.17, 15) is 13.9 Å². The first-order chi connectivity index (χ1) is 14.1. The Kier molecular flexibility index (Phi) is 4.66. The van der Waals surface area contributed by atoms with Crippen molar-refractivity contribution in [1.82, 2.24) is 9.97 Å². The summed E-state index contributed by atoms with van der Waals surface area (Å²) in [6.45, 7) is 0. The predicted molar refractivity (Wildman–Crippen MR) is 106 cm³/mol. The Morgan fingerprint density at radius 2 is 1.90 bits per heavy atom. The molecule has 3 N–H and O–H groups in total. The lowest BCUT2D eigenvalue weighted by atomic mass is 9.77. The number of aliphatic hydroxyl groups is 1. The maximum atomic E-state index is 14.2. The number of anilines is 2. The van der Waals surface area contributed by atoms with Crippen LogP contribution in [0.4, 0.5) is 26.1 Å². The van der Waals surface area contributed by atoms with Crippen molar-refractivity contribution in [3.05, 3.63) is 41.7 Å². The van der Waals surface area contributed by atoms with Crippen molar-refractivity contribution < 1.29 is 13.9 Å². The molecule has 6 nitrogen and oxygen atoms in total. The number of hydrogen-bond donors (Lipinski definition) is 3. The number of aliphatic imine (C=N–C) groups is 1. The SMILES string of the molecule is OC1CCC(C2C(=Nc3ccc(F)cc3F)Nc3cnc(NC4CC4)nc32)CC1. The summed E-state index contributed by atoms with van der Waals surface area (Å²) in [5.74, 6) is -0.0282. The Labute approximate surface area is 167 Å². The molecule has 1 aliphatic heterocycles. The van der Waals surface area contributed by atoms with E-state index < -0.39 is 11.6 Å². The van der Waals surface area contributed by atoms with Gasteiger partial charge in [-0.3, -0.25) is 0 Å². The van der Waals surface area contributed by atoms with Crippen LogP contribution in [0, 0.1) is 17.6 Å². The molecule has 2 aromatic rings. The highest BCUT2D eigenvalue weighted by molar-refractivity contribution is 6.07. The van der Waals surface area contributed by atoms with Gasteiger partial charge in [0.25, 0.3) is 0 Å². The normalized spacial score (nSPS) is 27.6. The Balaban J connectivity index is 1.51.